The van der Waals surface area contributed by atoms with Crippen LogP contribution in [0.25, 0.3) is 0 Å². The Labute approximate surface area is 137 Å². The molecule has 1 fully saturated rings. The minimum absolute atomic E-state index is 0. The van der Waals surface area contributed by atoms with Gasteiger partial charge in [-0.25, -0.2) is 4.39 Å². The third-order valence-electron chi connectivity index (χ3n) is 4.31. The molecule has 2 rings (SSSR count). The third-order valence-corrected chi connectivity index (χ3v) is 4.31. The van der Waals surface area contributed by atoms with Crippen LogP contribution in [0.15, 0.2) is 18.2 Å². The van der Waals surface area contributed by atoms with Crippen LogP contribution in [0.5, 0.6) is 0 Å². The van der Waals surface area contributed by atoms with Crippen LogP contribution in [0, 0.1) is 18.2 Å². The molecular weight excluding hydrogens is 307 g/mol. The van der Waals surface area contributed by atoms with Gasteiger partial charge in [0.05, 0.1) is 5.41 Å². The lowest BCUT2D eigenvalue weighted by atomic mass is 9.79. The van der Waals surface area contributed by atoms with Crippen molar-refractivity contribution in [3.63, 3.8) is 0 Å². The molecule has 1 aromatic carbocycles. The average molecular weight is 331 g/mol. The molecule has 1 saturated heterocycles. The van der Waals surface area contributed by atoms with Gasteiger partial charge in [0.2, 0.25) is 5.91 Å². The molecule has 0 aliphatic carbocycles. The van der Waals surface area contributed by atoms with Crippen molar-refractivity contribution in [1.29, 1.82) is 0 Å². The lowest BCUT2D eigenvalue weighted by Gasteiger charge is -2.34. The van der Waals surface area contributed by atoms with E-state index in [0.29, 0.717) is 45.6 Å². The van der Waals surface area contributed by atoms with Gasteiger partial charge in [-0.1, -0.05) is 6.07 Å². The fraction of sp³-hybridized carbons (Fsp3) is 0.562. The van der Waals surface area contributed by atoms with E-state index in [1.807, 2.05) is 6.92 Å². The van der Waals surface area contributed by atoms with E-state index >= 15 is 0 Å². The number of nitrogens with two attached hydrogens (primary N) is 1. The highest BCUT2D eigenvalue weighted by molar-refractivity contribution is 5.85. The third kappa shape index (κ3) is 4.41. The molecule has 0 radical (unpaired) electrons. The fourth-order valence-electron chi connectivity index (χ4n) is 2.72. The Bertz CT molecular complexity index is 505. The van der Waals surface area contributed by atoms with E-state index in [-0.39, 0.29) is 24.1 Å². The number of halogens is 2. The standard InChI is InChI=1S/C16H23FN2O2.ClH/c1-12-10-14(17)3-2-13(12)4-7-19-15(20)16(11-18)5-8-21-9-6-16;/h2-3,10H,4-9,11,18H2,1H3,(H,19,20);1H. The zero-order valence-electron chi connectivity index (χ0n) is 12.9. The summed E-state index contributed by atoms with van der Waals surface area (Å²) >= 11 is 0. The summed E-state index contributed by atoms with van der Waals surface area (Å²) in [5, 5.41) is 2.97. The van der Waals surface area contributed by atoms with Crippen LogP contribution in [-0.4, -0.2) is 32.2 Å². The second kappa shape index (κ2) is 8.46. The predicted octanol–water partition coefficient (Wildman–Crippen LogP) is 1.97. The normalized spacial score (nSPS) is 16.7. The Balaban J connectivity index is 0.00000242. The lowest BCUT2D eigenvalue weighted by molar-refractivity contribution is -0.135. The highest BCUT2D eigenvalue weighted by Gasteiger charge is 2.38. The molecule has 0 saturated carbocycles. The molecule has 0 atom stereocenters. The monoisotopic (exact) mass is 330 g/mol. The van der Waals surface area contributed by atoms with Gasteiger partial charge in [-0.3, -0.25) is 4.79 Å². The number of ether oxygens (including phenoxy) is 1. The van der Waals surface area contributed by atoms with Gasteiger partial charge < -0.3 is 15.8 Å². The quantitative estimate of drug-likeness (QED) is 0.867. The number of aryl methyl sites for hydroxylation is 1. The van der Waals surface area contributed by atoms with Crippen LogP contribution >= 0.6 is 12.4 Å². The zero-order valence-corrected chi connectivity index (χ0v) is 13.7. The van der Waals surface area contributed by atoms with Crippen LogP contribution in [0.3, 0.4) is 0 Å². The second-order valence-electron chi connectivity index (χ2n) is 5.67. The van der Waals surface area contributed by atoms with Crippen LogP contribution in [0.1, 0.15) is 24.0 Å². The van der Waals surface area contributed by atoms with Gasteiger partial charge in [0.25, 0.3) is 0 Å². The summed E-state index contributed by atoms with van der Waals surface area (Å²) in [5.41, 5.74) is 7.27. The van der Waals surface area contributed by atoms with Crippen molar-refractivity contribution in [3.05, 3.63) is 35.1 Å². The van der Waals surface area contributed by atoms with E-state index in [4.69, 9.17) is 10.5 Å². The summed E-state index contributed by atoms with van der Waals surface area (Å²) in [6.07, 6.45) is 2.03. The number of nitrogens with one attached hydrogen (secondary N) is 1. The Kier molecular flexibility index (Phi) is 7.26. The maximum absolute atomic E-state index is 13.0. The number of carbonyl (C=O) groups is 1. The van der Waals surface area contributed by atoms with Crippen molar-refractivity contribution in [2.45, 2.75) is 26.2 Å². The van der Waals surface area contributed by atoms with E-state index < -0.39 is 5.41 Å². The van der Waals surface area contributed by atoms with E-state index in [2.05, 4.69) is 5.32 Å². The Hall–Kier alpha value is -1.17. The van der Waals surface area contributed by atoms with Gasteiger partial charge in [0.15, 0.2) is 0 Å². The van der Waals surface area contributed by atoms with Crippen molar-refractivity contribution in [2.24, 2.45) is 11.1 Å². The zero-order chi connectivity index (χ0) is 15.3. The van der Waals surface area contributed by atoms with Crippen LogP contribution in [0.4, 0.5) is 4.39 Å². The number of amides is 1. The molecule has 0 spiro atoms. The van der Waals surface area contributed by atoms with Crippen LogP contribution in [0.2, 0.25) is 0 Å². The molecule has 1 heterocycles. The lowest BCUT2D eigenvalue weighted by Crippen LogP contribution is -2.49. The fourth-order valence-corrected chi connectivity index (χ4v) is 2.72. The largest absolute Gasteiger partial charge is 0.381 e. The highest BCUT2D eigenvalue weighted by atomic mass is 35.5. The van der Waals surface area contributed by atoms with Crippen molar-refractivity contribution >= 4 is 18.3 Å². The molecule has 0 bridgehead atoms. The second-order valence-corrected chi connectivity index (χ2v) is 5.67. The van der Waals surface area contributed by atoms with Crippen molar-refractivity contribution in [3.8, 4) is 0 Å². The molecule has 3 N–H and O–H groups in total. The van der Waals surface area contributed by atoms with Gasteiger partial charge in [-0.15, -0.1) is 12.4 Å². The van der Waals surface area contributed by atoms with Gasteiger partial charge in [0.1, 0.15) is 5.82 Å². The molecule has 1 aromatic rings. The van der Waals surface area contributed by atoms with Crippen LogP contribution in [-0.2, 0) is 16.0 Å². The first-order valence-electron chi connectivity index (χ1n) is 7.38. The molecule has 22 heavy (non-hydrogen) atoms. The maximum Gasteiger partial charge on any atom is 0.227 e. The van der Waals surface area contributed by atoms with E-state index in [0.717, 1.165) is 11.1 Å². The van der Waals surface area contributed by atoms with Gasteiger partial charge in [-0.05, 0) is 49.4 Å². The van der Waals surface area contributed by atoms with E-state index in [1.165, 1.54) is 12.1 Å². The Morgan fingerprint density at radius 1 is 1.41 bits per heavy atom. The molecule has 1 amide bonds. The molecule has 1 aliphatic rings. The predicted molar refractivity (Wildman–Crippen MR) is 86.6 cm³/mol. The SMILES string of the molecule is Cc1cc(F)ccc1CCNC(=O)C1(CN)CCOCC1.Cl. The van der Waals surface area contributed by atoms with E-state index in [1.54, 1.807) is 6.07 Å². The van der Waals surface area contributed by atoms with Gasteiger partial charge in [0, 0.05) is 26.3 Å². The number of hydrogen-bond acceptors (Lipinski definition) is 3. The molecule has 124 valence electrons. The van der Waals surface area contributed by atoms with Crippen molar-refractivity contribution in [2.75, 3.05) is 26.3 Å². The Morgan fingerprint density at radius 3 is 2.68 bits per heavy atom. The summed E-state index contributed by atoms with van der Waals surface area (Å²) < 4.78 is 18.3. The minimum atomic E-state index is -0.490. The van der Waals surface area contributed by atoms with Crippen molar-refractivity contribution in [1.82, 2.24) is 5.32 Å². The van der Waals surface area contributed by atoms with Crippen LogP contribution < -0.4 is 11.1 Å². The molecule has 0 unspecified atom stereocenters. The summed E-state index contributed by atoms with van der Waals surface area (Å²) in [6, 6.07) is 4.73. The number of benzene rings is 1. The topological polar surface area (TPSA) is 64.4 Å². The number of hydrogen-bond donors (Lipinski definition) is 2. The Morgan fingerprint density at radius 2 is 2.09 bits per heavy atom. The first kappa shape index (κ1) is 18.9. The summed E-state index contributed by atoms with van der Waals surface area (Å²) in [6.45, 7) is 3.93. The summed E-state index contributed by atoms with van der Waals surface area (Å²) in [7, 11) is 0. The molecule has 4 nitrogen and oxygen atoms in total. The van der Waals surface area contributed by atoms with Gasteiger partial charge >= 0.3 is 0 Å². The summed E-state index contributed by atoms with van der Waals surface area (Å²) in [5.74, 6) is -0.224. The van der Waals surface area contributed by atoms with E-state index in [9.17, 15) is 9.18 Å². The molecule has 6 heteroatoms. The maximum atomic E-state index is 13.0. The smallest absolute Gasteiger partial charge is 0.227 e. The first-order chi connectivity index (χ1) is 10.1. The summed E-state index contributed by atoms with van der Waals surface area (Å²) in [4.78, 5) is 12.4. The first-order valence-corrected chi connectivity index (χ1v) is 7.38. The van der Waals surface area contributed by atoms with Crippen molar-refractivity contribution < 1.29 is 13.9 Å². The average Bonchev–Trinajstić information content (AvgIpc) is 2.50. The molecule has 1 aliphatic heterocycles. The number of rotatable bonds is 5. The van der Waals surface area contributed by atoms with Gasteiger partial charge in [-0.2, -0.15) is 0 Å². The highest BCUT2D eigenvalue weighted by Crippen LogP contribution is 2.29. The molecule has 0 aromatic heterocycles. The minimum Gasteiger partial charge on any atom is -0.381 e. The number of carbonyl (C=O) groups excluding carboxylic acids is 1. The molecular formula is C16H24ClFN2O2.